The van der Waals surface area contributed by atoms with Gasteiger partial charge in [0.05, 0.1) is 5.75 Å². The minimum Gasteiger partial charge on any atom is -0.342 e. The van der Waals surface area contributed by atoms with Crippen molar-refractivity contribution >= 4 is 16.1 Å². The summed E-state index contributed by atoms with van der Waals surface area (Å²) in [7, 11) is -3.69. The minimum atomic E-state index is -3.69. The molecular formula is C9H14O4S. The van der Waals surface area contributed by atoms with E-state index in [0.29, 0.717) is 6.42 Å². The van der Waals surface area contributed by atoms with Crippen LogP contribution >= 0.6 is 0 Å². The van der Waals surface area contributed by atoms with Gasteiger partial charge in [0.25, 0.3) is 0 Å². The molecule has 0 atom stereocenters. The van der Waals surface area contributed by atoms with Crippen molar-refractivity contribution < 1.29 is 17.4 Å². The van der Waals surface area contributed by atoms with E-state index in [4.69, 9.17) is 0 Å². The van der Waals surface area contributed by atoms with Crippen LogP contribution in [0, 0.1) is 0 Å². The maximum absolute atomic E-state index is 11.0. The summed E-state index contributed by atoms with van der Waals surface area (Å²) in [4.78, 5) is 10.9. The van der Waals surface area contributed by atoms with E-state index in [9.17, 15) is 13.2 Å². The van der Waals surface area contributed by atoms with Gasteiger partial charge in [0.1, 0.15) is 0 Å². The van der Waals surface area contributed by atoms with Crippen molar-refractivity contribution in [2.24, 2.45) is 0 Å². The lowest BCUT2D eigenvalue weighted by molar-refractivity contribution is -0.128. The van der Waals surface area contributed by atoms with Crippen molar-refractivity contribution in [3.8, 4) is 0 Å². The molecule has 0 aromatic heterocycles. The molecule has 0 N–H and O–H groups in total. The van der Waals surface area contributed by atoms with Crippen LogP contribution in [0.3, 0.4) is 0 Å². The van der Waals surface area contributed by atoms with Crippen LogP contribution < -0.4 is 0 Å². The second-order valence-electron chi connectivity index (χ2n) is 2.55. The highest BCUT2D eigenvalue weighted by atomic mass is 32.2. The molecule has 0 aliphatic heterocycles. The molecular weight excluding hydrogens is 204 g/mol. The van der Waals surface area contributed by atoms with Gasteiger partial charge in [-0.05, 0) is 13.3 Å². The Hall–Kier alpha value is -1.10. The van der Waals surface area contributed by atoms with Gasteiger partial charge in [-0.3, -0.25) is 0 Å². The first-order valence-electron chi connectivity index (χ1n) is 4.27. The van der Waals surface area contributed by atoms with Gasteiger partial charge >= 0.3 is 16.1 Å². The summed E-state index contributed by atoms with van der Waals surface area (Å²) in [5.41, 5.74) is 0. The molecule has 0 heterocycles. The smallest absolute Gasteiger partial charge is 0.342 e. The van der Waals surface area contributed by atoms with Crippen LogP contribution in [0.5, 0.6) is 0 Å². The Bertz CT molecular complexity index is 325. The highest BCUT2D eigenvalue weighted by Gasteiger charge is 2.13. The molecule has 0 fully saturated rings. The topological polar surface area (TPSA) is 60.4 Å². The quantitative estimate of drug-likeness (QED) is 0.397. The fourth-order valence-corrected chi connectivity index (χ4v) is 1.58. The van der Waals surface area contributed by atoms with Crippen molar-refractivity contribution in [3.05, 3.63) is 24.3 Å². The van der Waals surface area contributed by atoms with Crippen molar-refractivity contribution in [1.82, 2.24) is 0 Å². The third-order valence-electron chi connectivity index (χ3n) is 1.20. The molecule has 0 aromatic rings. The van der Waals surface area contributed by atoms with E-state index in [1.54, 1.807) is 26.0 Å². The molecule has 0 amide bonds. The van der Waals surface area contributed by atoms with E-state index in [0.717, 1.165) is 6.08 Å². The van der Waals surface area contributed by atoms with Crippen molar-refractivity contribution in [2.75, 3.05) is 5.75 Å². The number of rotatable bonds is 5. The highest BCUT2D eigenvalue weighted by molar-refractivity contribution is 7.87. The molecule has 5 heteroatoms. The fourth-order valence-electron chi connectivity index (χ4n) is 0.690. The molecule has 0 aromatic carbocycles. The zero-order valence-corrected chi connectivity index (χ0v) is 9.08. The Morgan fingerprint density at radius 2 is 2.00 bits per heavy atom. The van der Waals surface area contributed by atoms with Crippen molar-refractivity contribution in [1.29, 1.82) is 0 Å². The average Bonchev–Trinajstić information content (AvgIpc) is 2.03. The summed E-state index contributed by atoms with van der Waals surface area (Å²) in [6.07, 6.45) is 6.23. The zero-order valence-electron chi connectivity index (χ0n) is 8.26. The molecule has 0 saturated carbocycles. The Morgan fingerprint density at radius 1 is 1.36 bits per heavy atom. The lowest BCUT2D eigenvalue weighted by Gasteiger charge is -2.00. The maximum atomic E-state index is 11.0. The molecule has 0 saturated heterocycles. The normalized spacial score (nSPS) is 12.4. The van der Waals surface area contributed by atoms with Crippen LogP contribution in [0.1, 0.15) is 20.3 Å². The molecule has 4 nitrogen and oxygen atoms in total. The number of carbonyl (C=O) groups excluding carboxylic acids is 1. The van der Waals surface area contributed by atoms with E-state index < -0.39 is 16.1 Å². The lowest BCUT2D eigenvalue weighted by Crippen LogP contribution is -2.13. The van der Waals surface area contributed by atoms with Crippen LogP contribution in [0.15, 0.2) is 24.3 Å². The number of hydrogen-bond donors (Lipinski definition) is 0. The first kappa shape index (κ1) is 12.9. The predicted octanol–water partition coefficient (Wildman–Crippen LogP) is 1.40. The summed E-state index contributed by atoms with van der Waals surface area (Å²) >= 11 is 0. The van der Waals surface area contributed by atoms with Gasteiger partial charge in [0.15, 0.2) is 0 Å². The van der Waals surface area contributed by atoms with Crippen molar-refractivity contribution in [3.63, 3.8) is 0 Å². The molecule has 0 aliphatic rings. The highest BCUT2D eigenvalue weighted by Crippen LogP contribution is 1.97. The summed E-state index contributed by atoms with van der Waals surface area (Å²) in [5, 5.41) is 0. The minimum absolute atomic E-state index is 0.143. The predicted molar refractivity (Wildman–Crippen MR) is 54.1 cm³/mol. The molecule has 0 rings (SSSR count). The van der Waals surface area contributed by atoms with Gasteiger partial charge in [0, 0.05) is 6.08 Å². The van der Waals surface area contributed by atoms with Gasteiger partial charge in [-0.1, -0.05) is 25.2 Å². The third-order valence-corrected chi connectivity index (χ3v) is 2.53. The Kier molecular flexibility index (Phi) is 5.87. The molecule has 80 valence electrons. The van der Waals surface area contributed by atoms with Gasteiger partial charge in [-0.2, -0.15) is 8.42 Å². The third kappa shape index (κ3) is 6.42. The zero-order chi connectivity index (χ0) is 11.0. The molecule has 0 aliphatic carbocycles. The van der Waals surface area contributed by atoms with Crippen LogP contribution in [0.2, 0.25) is 0 Å². The van der Waals surface area contributed by atoms with Crippen LogP contribution in [-0.2, 0) is 19.1 Å². The van der Waals surface area contributed by atoms with Crippen LogP contribution in [0.25, 0.3) is 0 Å². The monoisotopic (exact) mass is 218 g/mol. The standard InChI is InChI=1S/C9H14O4S/c1-3-5-6-7-9(10)13-14(11,12)8-4-2/h3,5-7H,4,8H2,1-2H3/b5-3+,7-6+. The largest absolute Gasteiger partial charge is 0.346 e. The van der Waals surface area contributed by atoms with E-state index in [1.165, 1.54) is 6.08 Å². The van der Waals surface area contributed by atoms with Crippen LogP contribution in [-0.4, -0.2) is 20.1 Å². The number of hydrogen-bond acceptors (Lipinski definition) is 4. The van der Waals surface area contributed by atoms with E-state index in [2.05, 4.69) is 4.18 Å². The Labute approximate surface area is 84.4 Å². The number of carbonyl (C=O) groups is 1. The first-order chi connectivity index (χ1) is 6.52. The van der Waals surface area contributed by atoms with E-state index >= 15 is 0 Å². The summed E-state index contributed by atoms with van der Waals surface area (Å²) in [6, 6.07) is 0. The van der Waals surface area contributed by atoms with Crippen molar-refractivity contribution in [2.45, 2.75) is 20.3 Å². The van der Waals surface area contributed by atoms with Gasteiger partial charge in [-0.25, -0.2) is 4.79 Å². The lowest BCUT2D eigenvalue weighted by atomic mass is 10.4. The Balaban J connectivity index is 4.19. The molecule has 14 heavy (non-hydrogen) atoms. The first-order valence-corrected chi connectivity index (χ1v) is 5.85. The summed E-state index contributed by atoms with van der Waals surface area (Å²) < 4.78 is 26.2. The van der Waals surface area contributed by atoms with E-state index in [1.807, 2.05) is 0 Å². The molecule has 0 bridgehead atoms. The van der Waals surface area contributed by atoms with E-state index in [-0.39, 0.29) is 5.75 Å². The molecule has 0 spiro atoms. The van der Waals surface area contributed by atoms with Gasteiger partial charge in [0.2, 0.25) is 0 Å². The maximum Gasteiger partial charge on any atom is 0.346 e. The average molecular weight is 218 g/mol. The molecule has 0 unspecified atom stereocenters. The summed E-state index contributed by atoms with van der Waals surface area (Å²) in [6.45, 7) is 3.48. The SMILES string of the molecule is C/C=C/C=C/C(=O)OS(=O)(=O)CCC. The van der Waals surface area contributed by atoms with Gasteiger partial charge in [-0.15, -0.1) is 0 Å². The molecule has 0 radical (unpaired) electrons. The summed E-state index contributed by atoms with van der Waals surface area (Å²) in [5.74, 6) is -1.01. The van der Waals surface area contributed by atoms with Crippen LogP contribution in [0.4, 0.5) is 0 Å². The Morgan fingerprint density at radius 3 is 2.50 bits per heavy atom. The fraction of sp³-hybridized carbons (Fsp3) is 0.444. The number of allylic oxidation sites excluding steroid dienone is 3. The second-order valence-corrected chi connectivity index (χ2v) is 4.24. The second kappa shape index (κ2) is 6.37. The van der Waals surface area contributed by atoms with Gasteiger partial charge < -0.3 is 4.18 Å².